The molecule has 2 aromatic carbocycles. The Balaban J connectivity index is 1.34. The molecule has 0 radical (unpaired) electrons. The van der Waals surface area contributed by atoms with Crippen molar-refractivity contribution < 1.29 is 18.7 Å². The minimum Gasteiger partial charge on any atom is -0.450 e. The number of nitrogens with one attached hydrogen (secondary N) is 1. The SMILES string of the molecule is CCOC(=O)N1CCC(NC(=O)c2ccc(-c3nnc(-c4ccccc4)o3)cc2)CC1. The Morgan fingerprint density at radius 3 is 2.23 bits per heavy atom. The van der Waals surface area contributed by atoms with Crippen LogP contribution in [0, 0.1) is 0 Å². The molecule has 2 heterocycles. The van der Waals surface area contributed by atoms with Gasteiger partial charge in [-0.25, -0.2) is 4.79 Å². The summed E-state index contributed by atoms with van der Waals surface area (Å²) in [6.45, 7) is 3.30. The summed E-state index contributed by atoms with van der Waals surface area (Å²) in [5.74, 6) is 0.709. The predicted molar refractivity (Wildman–Crippen MR) is 114 cm³/mol. The molecule has 1 fully saturated rings. The molecule has 1 saturated heterocycles. The molecular weight excluding hydrogens is 396 g/mol. The van der Waals surface area contributed by atoms with E-state index in [1.807, 2.05) is 30.3 Å². The molecule has 4 rings (SSSR count). The fourth-order valence-electron chi connectivity index (χ4n) is 3.49. The van der Waals surface area contributed by atoms with E-state index in [-0.39, 0.29) is 18.0 Å². The molecule has 0 aliphatic carbocycles. The maximum atomic E-state index is 12.6. The standard InChI is InChI=1S/C23H24N4O4/c1-2-30-23(29)27-14-12-19(13-15-27)24-20(28)16-8-10-18(11-9-16)22-26-25-21(31-22)17-6-4-3-5-7-17/h3-11,19H,2,12-15H2,1H3,(H,24,28). The van der Waals surface area contributed by atoms with Crippen LogP contribution in [0.4, 0.5) is 4.79 Å². The minimum atomic E-state index is -0.292. The summed E-state index contributed by atoms with van der Waals surface area (Å²) in [4.78, 5) is 26.1. The Bertz CT molecular complexity index is 1030. The summed E-state index contributed by atoms with van der Waals surface area (Å²) in [6.07, 6.45) is 1.11. The van der Waals surface area contributed by atoms with Crippen molar-refractivity contribution in [2.24, 2.45) is 0 Å². The van der Waals surface area contributed by atoms with Crippen molar-refractivity contribution in [3.8, 4) is 22.9 Å². The largest absolute Gasteiger partial charge is 0.450 e. The molecule has 2 amide bonds. The van der Waals surface area contributed by atoms with Crippen molar-refractivity contribution in [3.63, 3.8) is 0 Å². The normalized spacial score (nSPS) is 14.3. The lowest BCUT2D eigenvalue weighted by molar-refractivity contribution is 0.0860. The van der Waals surface area contributed by atoms with Crippen LogP contribution in [0.15, 0.2) is 59.0 Å². The van der Waals surface area contributed by atoms with E-state index in [0.717, 1.165) is 11.1 Å². The third kappa shape index (κ3) is 4.91. The summed E-state index contributed by atoms with van der Waals surface area (Å²) in [7, 11) is 0. The Labute approximate surface area is 180 Å². The zero-order chi connectivity index (χ0) is 21.6. The van der Waals surface area contributed by atoms with Gasteiger partial charge in [-0.1, -0.05) is 18.2 Å². The predicted octanol–water partition coefficient (Wildman–Crippen LogP) is 3.75. The number of nitrogens with zero attached hydrogens (tertiary/aromatic N) is 3. The van der Waals surface area contributed by atoms with E-state index in [1.165, 1.54) is 0 Å². The van der Waals surface area contributed by atoms with Crippen molar-refractivity contribution in [1.29, 1.82) is 0 Å². The highest BCUT2D eigenvalue weighted by Crippen LogP contribution is 2.24. The number of likely N-dealkylation sites (tertiary alicyclic amines) is 1. The average molecular weight is 420 g/mol. The van der Waals surface area contributed by atoms with Crippen molar-refractivity contribution in [3.05, 3.63) is 60.2 Å². The van der Waals surface area contributed by atoms with Gasteiger partial charge in [0.05, 0.1) is 6.61 Å². The number of benzene rings is 2. The highest BCUT2D eigenvalue weighted by atomic mass is 16.6. The fourth-order valence-corrected chi connectivity index (χ4v) is 3.49. The van der Waals surface area contributed by atoms with E-state index in [2.05, 4.69) is 15.5 Å². The zero-order valence-electron chi connectivity index (χ0n) is 17.3. The Kier molecular flexibility index (Phi) is 6.26. The topological polar surface area (TPSA) is 97.6 Å². The Morgan fingerprint density at radius 2 is 1.61 bits per heavy atom. The molecule has 0 unspecified atom stereocenters. The van der Waals surface area contributed by atoms with Gasteiger partial charge in [0.1, 0.15) is 0 Å². The highest BCUT2D eigenvalue weighted by molar-refractivity contribution is 5.94. The molecule has 8 heteroatoms. The van der Waals surface area contributed by atoms with Gasteiger partial charge in [-0.15, -0.1) is 10.2 Å². The quantitative estimate of drug-likeness (QED) is 0.675. The van der Waals surface area contributed by atoms with Crippen LogP contribution in [0.1, 0.15) is 30.1 Å². The molecule has 3 aromatic rings. The average Bonchev–Trinajstić information content (AvgIpc) is 3.31. The molecule has 0 atom stereocenters. The lowest BCUT2D eigenvalue weighted by atomic mass is 10.0. The third-order valence-electron chi connectivity index (χ3n) is 5.20. The van der Waals surface area contributed by atoms with Crippen molar-refractivity contribution in [2.75, 3.05) is 19.7 Å². The highest BCUT2D eigenvalue weighted by Gasteiger charge is 2.24. The van der Waals surface area contributed by atoms with Gasteiger partial charge in [0, 0.05) is 35.8 Å². The molecule has 1 aromatic heterocycles. The van der Waals surface area contributed by atoms with Crippen LogP contribution in [-0.2, 0) is 4.74 Å². The number of ether oxygens (including phenoxy) is 1. The Morgan fingerprint density at radius 1 is 1.00 bits per heavy atom. The number of piperidine rings is 1. The van der Waals surface area contributed by atoms with Gasteiger partial charge >= 0.3 is 6.09 Å². The number of carbonyl (C=O) groups is 2. The fraction of sp³-hybridized carbons (Fsp3) is 0.304. The van der Waals surface area contributed by atoms with Gasteiger partial charge in [-0.05, 0) is 56.2 Å². The first-order valence-corrected chi connectivity index (χ1v) is 10.4. The van der Waals surface area contributed by atoms with Crippen molar-refractivity contribution in [1.82, 2.24) is 20.4 Å². The van der Waals surface area contributed by atoms with Crippen LogP contribution in [0.25, 0.3) is 22.9 Å². The lowest BCUT2D eigenvalue weighted by Crippen LogP contribution is -2.46. The second kappa shape index (κ2) is 9.42. The van der Waals surface area contributed by atoms with Gasteiger partial charge in [-0.3, -0.25) is 4.79 Å². The van der Waals surface area contributed by atoms with Crippen molar-refractivity contribution in [2.45, 2.75) is 25.8 Å². The molecule has 0 bridgehead atoms. The van der Waals surface area contributed by atoms with Gasteiger partial charge in [0.2, 0.25) is 11.8 Å². The first-order chi connectivity index (χ1) is 15.1. The minimum absolute atomic E-state index is 0.0298. The van der Waals surface area contributed by atoms with Gasteiger partial charge in [-0.2, -0.15) is 0 Å². The number of hydrogen-bond donors (Lipinski definition) is 1. The number of hydrogen-bond acceptors (Lipinski definition) is 6. The molecule has 1 aliphatic rings. The maximum Gasteiger partial charge on any atom is 0.409 e. The zero-order valence-corrected chi connectivity index (χ0v) is 17.3. The first-order valence-electron chi connectivity index (χ1n) is 10.4. The number of aromatic nitrogens is 2. The summed E-state index contributed by atoms with van der Waals surface area (Å²) >= 11 is 0. The molecule has 31 heavy (non-hydrogen) atoms. The van der Waals surface area contributed by atoms with Gasteiger partial charge in [0.25, 0.3) is 5.91 Å². The van der Waals surface area contributed by atoms with E-state index in [1.54, 1.807) is 36.1 Å². The lowest BCUT2D eigenvalue weighted by Gasteiger charge is -2.31. The second-order valence-corrected chi connectivity index (χ2v) is 7.29. The van der Waals surface area contributed by atoms with Gasteiger partial charge in [0.15, 0.2) is 0 Å². The summed E-state index contributed by atoms with van der Waals surface area (Å²) in [5.41, 5.74) is 2.15. The van der Waals surface area contributed by atoms with E-state index in [9.17, 15) is 9.59 Å². The molecule has 0 spiro atoms. The maximum absolute atomic E-state index is 12.6. The van der Waals surface area contributed by atoms with Crippen LogP contribution >= 0.6 is 0 Å². The van der Waals surface area contributed by atoms with Crippen LogP contribution in [0.3, 0.4) is 0 Å². The molecule has 1 aliphatic heterocycles. The van der Waals surface area contributed by atoms with Crippen LogP contribution in [0.5, 0.6) is 0 Å². The molecule has 0 saturated carbocycles. The molecule has 160 valence electrons. The molecule has 1 N–H and O–H groups in total. The van der Waals surface area contributed by atoms with E-state index < -0.39 is 0 Å². The van der Waals surface area contributed by atoms with Crippen LogP contribution in [0.2, 0.25) is 0 Å². The number of amides is 2. The van der Waals surface area contributed by atoms with Crippen molar-refractivity contribution >= 4 is 12.0 Å². The van der Waals surface area contributed by atoms with Crippen LogP contribution in [-0.4, -0.2) is 52.8 Å². The smallest absolute Gasteiger partial charge is 0.409 e. The summed E-state index contributed by atoms with van der Waals surface area (Å²) in [6, 6.07) is 16.7. The number of carbonyl (C=O) groups excluding carboxylic acids is 2. The first kappa shape index (κ1) is 20.6. The number of rotatable bonds is 5. The Hall–Kier alpha value is -3.68. The van der Waals surface area contributed by atoms with Crippen LogP contribution < -0.4 is 5.32 Å². The summed E-state index contributed by atoms with van der Waals surface area (Å²) in [5, 5.41) is 11.2. The van der Waals surface area contributed by atoms with E-state index in [4.69, 9.17) is 9.15 Å². The molecule has 8 nitrogen and oxygen atoms in total. The van der Waals surface area contributed by atoms with Gasteiger partial charge < -0.3 is 19.4 Å². The van der Waals surface area contributed by atoms with E-state index in [0.29, 0.717) is 49.9 Å². The monoisotopic (exact) mass is 420 g/mol. The summed E-state index contributed by atoms with van der Waals surface area (Å²) < 4.78 is 10.8. The molecular formula is C23H24N4O4. The van der Waals surface area contributed by atoms with E-state index >= 15 is 0 Å². The second-order valence-electron chi connectivity index (χ2n) is 7.29. The third-order valence-corrected chi connectivity index (χ3v) is 5.20.